The molecule has 1 fully saturated rings. The van der Waals surface area contributed by atoms with E-state index in [0.717, 1.165) is 5.56 Å². The number of nitrogens with zero attached hydrogens (tertiary/aromatic N) is 6. The van der Waals surface area contributed by atoms with Gasteiger partial charge in [-0.3, -0.25) is 0 Å². The van der Waals surface area contributed by atoms with E-state index in [1.165, 1.54) is 11.2 Å². The predicted molar refractivity (Wildman–Crippen MR) is 75.8 cm³/mol. The zero-order valence-corrected chi connectivity index (χ0v) is 11.5. The molecule has 112 valence electrons. The molecule has 0 spiro atoms. The number of hydrogen-bond donors (Lipinski definition) is 0. The van der Waals surface area contributed by atoms with Gasteiger partial charge < -0.3 is 4.90 Å². The van der Waals surface area contributed by atoms with Crippen LogP contribution in [0.1, 0.15) is 5.56 Å². The van der Waals surface area contributed by atoms with Gasteiger partial charge in [-0.05, 0) is 5.56 Å². The summed E-state index contributed by atoms with van der Waals surface area (Å²) in [6, 6.07) is 9.78. The van der Waals surface area contributed by atoms with Gasteiger partial charge in [-0.1, -0.05) is 35.5 Å². The van der Waals surface area contributed by atoms with Crippen LogP contribution < -0.4 is 4.90 Å². The second-order valence-corrected chi connectivity index (χ2v) is 5.31. The highest BCUT2D eigenvalue weighted by atomic mass is 19.3. The van der Waals surface area contributed by atoms with Crippen LogP contribution >= 0.6 is 0 Å². The standard InChI is InChI=1S/C14H12F2N6/c15-14(16)7-21(8-14)12-11-13(18-9-17-12)22(20-19-11)6-10-4-2-1-3-5-10/h1-5,9H,6-8H2. The molecule has 1 aliphatic heterocycles. The summed E-state index contributed by atoms with van der Waals surface area (Å²) in [5.41, 5.74) is 2.06. The Morgan fingerprint density at radius 3 is 2.59 bits per heavy atom. The molecule has 0 aliphatic carbocycles. The maximum Gasteiger partial charge on any atom is 0.282 e. The van der Waals surface area contributed by atoms with Crippen molar-refractivity contribution in [2.24, 2.45) is 0 Å². The molecule has 0 saturated carbocycles. The number of benzene rings is 1. The Kier molecular flexibility index (Phi) is 2.78. The lowest BCUT2D eigenvalue weighted by atomic mass is 10.1. The molecular formula is C14H12F2N6. The van der Waals surface area contributed by atoms with Crippen LogP contribution in [0.3, 0.4) is 0 Å². The molecule has 3 heterocycles. The molecule has 0 bridgehead atoms. The number of fused-ring (bicyclic) bond motifs is 1. The normalized spacial score (nSPS) is 16.7. The Balaban J connectivity index is 1.68. The summed E-state index contributed by atoms with van der Waals surface area (Å²) in [6.45, 7) is -0.167. The van der Waals surface area contributed by atoms with Gasteiger partial charge in [-0.15, -0.1) is 5.10 Å². The molecule has 3 aromatic rings. The summed E-state index contributed by atoms with van der Waals surface area (Å²) in [6.07, 6.45) is 1.36. The van der Waals surface area contributed by atoms with Crippen LogP contribution in [0, 0.1) is 0 Å². The van der Waals surface area contributed by atoms with Crippen molar-refractivity contribution < 1.29 is 8.78 Å². The van der Waals surface area contributed by atoms with Gasteiger partial charge >= 0.3 is 0 Å². The SMILES string of the molecule is FC1(F)CN(c2ncnc3c2nnn3Cc2ccccc2)C1. The van der Waals surface area contributed by atoms with Crippen molar-refractivity contribution in [1.29, 1.82) is 0 Å². The molecule has 0 amide bonds. The van der Waals surface area contributed by atoms with Gasteiger partial charge in [0.2, 0.25) is 0 Å². The van der Waals surface area contributed by atoms with Crippen molar-refractivity contribution in [3.8, 4) is 0 Å². The molecule has 1 aromatic carbocycles. The molecule has 0 N–H and O–H groups in total. The molecule has 0 radical (unpaired) electrons. The van der Waals surface area contributed by atoms with Gasteiger partial charge in [-0.25, -0.2) is 23.4 Å². The number of aromatic nitrogens is 5. The Hall–Kier alpha value is -2.64. The van der Waals surface area contributed by atoms with Crippen LogP contribution in [0.5, 0.6) is 0 Å². The van der Waals surface area contributed by atoms with E-state index in [9.17, 15) is 8.78 Å². The third-order valence-electron chi connectivity index (χ3n) is 3.60. The van der Waals surface area contributed by atoms with Gasteiger partial charge in [0.05, 0.1) is 19.6 Å². The summed E-state index contributed by atoms with van der Waals surface area (Å²) >= 11 is 0. The average molecular weight is 302 g/mol. The Bertz CT molecular complexity index is 809. The lowest BCUT2D eigenvalue weighted by Gasteiger charge is -2.39. The third kappa shape index (κ3) is 2.16. The van der Waals surface area contributed by atoms with Crippen LogP contribution in [0.2, 0.25) is 0 Å². The molecule has 1 aliphatic rings. The number of rotatable bonds is 3. The smallest absolute Gasteiger partial charge is 0.282 e. The van der Waals surface area contributed by atoms with Gasteiger partial charge in [-0.2, -0.15) is 0 Å². The van der Waals surface area contributed by atoms with Crippen LogP contribution in [-0.4, -0.2) is 44.0 Å². The molecule has 2 aromatic heterocycles. The molecule has 1 saturated heterocycles. The molecule has 8 heteroatoms. The minimum atomic E-state index is -2.66. The van der Waals surface area contributed by atoms with E-state index < -0.39 is 5.92 Å². The first-order valence-corrected chi connectivity index (χ1v) is 6.83. The molecule has 4 rings (SSSR count). The predicted octanol–water partition coefficient (Wildman–Crippen LogP) is 1.72. The van der Waals surface area contributed by atoms with Crippen molar-refractivity contribution in [2.45, 2.75) is 12.5 Å². The summed E-state index contributed by atoms with van der Waals surface area (Å²) in [5, 5.41) is 8.15. The van der Waals surface area contributed by atoms with Gasteiger partial charge in [0, 0.05) is 0 Å². The van der Waals surface area contributed by atoms with Crippen LogP contribution in [0.25, 0.3) is 11.2 Å². The fourth-order valence-corrected chi connectivity index (χ4v) is 2.54. The van der Waals surface area contributed by atoms with Gasteiger partial charge in [0.25, 0.3) is 5.92 Å². The number of anilines is 1. The first kappa shape index (κ1) is 13.1. The van der Waals surface area contributed by atoms with Gasteiger partial charge in [0.1, 0.15) is 6.33 Å². The van der Waals surface area contributed by atoms with Crippen LogP contribution in [-0.2, 0) is 6.54 Å². The molecule has 0 unspecified atom stereocenters. The number of hydrogen-bond acceptors (Lipinski definition) is 5. The van der Waals surface area contributed by atoms with E-state index in [1.54, 1.807) is 4.68 Å². The first-order valence-electron chi connectivity index (χ1n) is 6.83. The highest BCUT2D eigenvalue weighted by Gasteiger charge is 2.45. The fourth-order valence-electron chi connectivity index (χ4n) is 2.54. The minimum absolute atomic E-state index is 0.343. The van der Waals surface area contributed by atoms with Crippen molar-refractivity contribution in [3.63, 3.8) is 0 Å². The van der Waals surface area contributed by atoms with Crippen molar-refractivity contribution in [3.05, 3.63) is 42.2 Å². The lowest BCUT2D eigenvalue weighted by Crippen LogP contribution is -2.56. The number of alkyl halides is 2. The van der Waals surface area contributed by atoms with Crippen molar-refractivity contribution in [1.82, 2.24) is 25.0 Å². The third-order valence-corrected chi connectivity index (χ3v) is 3.60. The second kappa shape index (κ2) is 4.69. The Labute approximate surface area is 124 Å². The average Bonchev–Trinajstić information content (AvgIpc) is 2.89. The van der Waals surface area contributed by atoms with Crippen molar-refractivity contribution in [2.75, 3.05) is 18.0 Å². The van der Waals surface area contributed by atoms with Crippen LogP contribution in [0.4, 0.5) is 14.6 Å². The zero-order valence-electron chi connectivity index (χ0n) is 11.5. The van der Waals surface area contributed by atoms with Crippen molar-refractivity contribution >= 4 is 17.0 Å². The quantitative estimate of drug-likeness (QED) is 0.737. The Morgan fingerprint density at radius 1 is 1.09 bits per heavy atom. The molecule has 22 heavy (non-hydrogen) atoms. The van der Waals surface area contributed by atoms with E-state index in [2.05, 4.69) is 20.3 Å². The van der Waals surface area contributed by atoms with E-state index in [-0.39, 0.29) is 13.1 Å². The van der Waals surface area contributed by atoms with Crippen LogP contribution in [0.15, 0.2) is 36.7 Å². The largest absolute Gasteiger partial charge is 0.342 e. The summed E-state index contributed by atoms with van der Waals surface area (Å²) in [5.74, 6) is -2.24. The fraction of sp³-hybridized carbons (Fsp3) is 0.286. The zero-order chi connectivity index (χ0) is 15.2. The van der Waals surface area contributed by atoms with E-state index >= 15 is 0 Å². The monoisotopic (exact) mass is 302 g/mol. The highest BCUT2D eigenvalue weighted by Crippen LogP contribution is 2.33. The maximum atomic E-state index is 13.0. The van der Waals surface area contributed by atoms with E-state index in [0.29, 0.717) is 23.5 Å². The summed E-state index contributed by atoms with van der Waals surface area (Å²) in [7, 11) is 0. The second-order valence-electron chi connectivity index (χ2n) is 5.31. The molecule has 6 nitrogen and oxygen atoms in total. The summed E-state index contributed by atoms with van der Waals surface area (Å²) in [4.78, 5) is 9.76. The maximum absolute atomic E-state index is 13.0. The topological polar surface area (TPSA) is 59.7 Å². The summed E-state index contributed by atoms with van der Waals surface area (Å²) < 4.78 is 27.7. The van der Waals surface area contributed by atoms with E-state index in [4.69, 9.17) is 0 Å². The molecule has 0 atom stereocenters. The highest BCUT2D eigenvalue weighted by molar-refractivity contribution is 5.83. The minimum Gasteiger partial charge on any atom is -0.342 e. The molecular weight excluding hydrogens is 290 g/mol. The Morgan fingerprint density at radius 2 is 1.86 bits per heavy atom. The lowest BCUT2D eigenvalue weighted by molar-refractivity contribution is -0.0265. The number of halogens is 2. The first-order chi connectivity index (χ1) is 10.6. The van der Waals surface area contributed by atoms with E-state index in [1.807, 2.05) is 30.3 Å². The van der Waals surface area contributed by atoms with Gasteiger partial charge in [0.15, 0.2) is 17.0 Å².